The fourth-order valence-corrected chi connectivity index (χ4v) is 2.57. The van der Waals surface area contributed by atoms with Crippen LogP contribution in [0.4, 0.5) is 5.69 Å². The van der Waals surface area contributed by atoms with Crippen molar-refractivity contribution in [2.45, 2.75) is 39.2 Å². The van der Waals surface area contributed by atoms with Gasteiger partial charge in [0.15, 0.2) is 0 Å². The van der Waals surface area contributed by atoms with Gasteiger partial charge in [-0.25, -0.2) is 5.10 Å². The number of H-pyrrole nitrogens is 1. The third-order valence-corrected chi connectivity index (χ3v) is 3.91. The first kappa shape index (κ1) is 11.6. The number of nitrogens with one attached hydrogen (secondary N) is 2. The van der Waals surface area contributed by atoms with Crippen LogP contribution in [0.25, 0.3) is 0 Å². The maximum Gasteiger partial charge on any atom is 0.280 e. The van der Waals surface area contributed by atoms with Gasteiger partial charge in [0, 0.05) is 6.04 Å². The topological polar surface area (TPSA) is 57.8 Å². The van der Waals surface area contributed by atoms with E-state index < -0.39 is 0 Å². The lowest BCUT2D eigenvalue weighted by atomic mass is 9.92. The average molecular weight is 286 g/mol. The van der Waals surface area contributed by atoms with E-state index in [2.05, 4.69) is 45.3 Å². The molecule has 2 N–H and O–H groups in total. The van der Waals surface area contributed by atoms with E-state index in [0.717, 1.165) is 18.5 Å². The van der Waals surface area contributed by atoms with E-state index in [1.54, 1.807) is 6.20 Å². The summed E-state index contributed by atoms with van der Waals surface area (Å²) < 4.78 is 0.534. The molecule has 16 heavy (non-hydrogen) atoms. The second-order valence-corrected chi connectivity index (χ2v) is 5.97. The number of hydrogen-bond donors (Lipinski definition) is 2. The molecule has 1 unspecified atom stereocenters. The number of aromatic amines is 1. The number of anilines is 1. The van der Waals surface area contributed by atoms with E-state index in [4.69, 9.17) is 0 Å². The van der Waals surface area contributed by atoms with Crippen molar-refractivity contribution >= 4 is 21.6 Å². The fraction of sp³-hybridized carbons (Fsp3) is 0.636. The van der Waals surface area contributed by atoms with Crippen LogP contribution in [0.5, 0.6) is 0 Å². The second-order valence-electron chi connectivity index (χ2n) is 5.18. The first-order chi connectivity index (χ1) is 7.48. The molecule has 0 saturated heterocycles. The number of hydrogen-bond acceptors (Lipinski definition) is 3. The molecule has 0 amide bonds. The number of rotatable bonds is 2. The van der Waals surface area contributed by atoms with Crippen LogP contribution in [-0.4, -0.2) is 16.2 Å². The summed E-state index contributed by atoms with van der Waals surface area (Å²) >= 11 is 3.27. The minimum atomic E-state index is -0.192. The highest BCUT2D eigenvalue weighted by atomic mass is 79.9. The predicted octanol–water partition coefficient (Wildman–Crippen LogP) is 2.52. The lowest BCUT2D eigenvalue weighted by Crippen LogP contribution is -2.20. The van der Waals surface area contributed by atoms with Gasteiger partial charge in [-0.05, 0) is 40.6 Å². The fourth-order valence-electron chi connectivity index (χ4n) is 2.26. The van der Waals surface area contributed by atoms with Crippen molar-refractivity contribution in [3.63, 3.8) is 0 Å². The van der Waals surface area contributed by atoms with Gasteiger partial charge in [0.25, 0.3) is 5.56 Å². The molecule has 1 heterocycles. The van der Waals surface area contributed by atoms with Gasteiger partial charge in [0.2, 0.25) is 0 Å². The van der Waals surface area contributed by atoms with E-state index in [0.29, 0.717) is 15.9 Å². The lowest BCUT2D eigenvalue weighted by Gasteiger charge is -2.18. The maximum atomic E-state index is 11.3. The summed E-state index contributed by atoms with van der Waals surface area (Å²) in [5.41, 5.74) is 0.993. The molecule has 1 aliphatic rings. The molecule has 1 aromatic heterocycles. The molecular weight excluding hydrogens is 270 g/mol. The zero-order valence-electron chi connectivity index (χ0n) is 9.51. The van der Waals surface area contributed by atoms with Gasteiger partial charge in [0.1, 0.15) is 4.47 Å². The number of halogens is 1. The molecule has 4 nitrogen and oxygen atoms in total. The molecular formula is C11H16BrN3O. The summed E-state index contributed by atoms with van der Waals surface area (Å²) in [7, 11) is 0. The van der Waals surface area contributed by atoms with Gasteiger partial charge < -0.3 is 5.32 Å². The number of nitrogens with zero attached hydrogens (tertiary/aromatic N) is 1. The smallest absolute Gasteiger partial charge is 0.280 e. The van der Waals surface area contributed by atoms with Crippen LogP contribution in [-0.2, 0) is 0 Å². The van der Waals surface area contributed by atoms with Gasteiger partial charge in [-0.3, -0.25) is 4.79 Å². The van der Waals surface area contributed by atoms with E-state index >= 15 is 0 Å². The van der Waals surface area contributed by atoms with Crippen LogP contribution in [0.2, 0.25) is 0 Å². The Balaban J connectivity index is 2.11. The van der Waals surface area contributed by atoms with Gasteiger partial charge in [0.05, 0.1) is 11.9 Å². The molecule has 1 saturated carbocycles. The van der Waals surface area contributed by atoms with Crippen molar-refractivity contribution in [1.29, 1.82) is 0 Å². The second kappa shape index (κ2) is 4.20. The van der Waals surface area contributed by atoms with Crippen LogP contribution < -0.4 is 10.9 Å². The van der Waals surface area contributed by atoms with Gasteiger partial charge in [-0.1, -0.05) is 13.8 Å². The highest BCUT2D eigenvalue weighted by Gasteiger charge is 2.31. The maximum absolute atomic E-state index is 11.3. The predicted molar refractivity (Wildman–Crippen MR) is 67.6 cm³/mol. The van der Waals surface area contributed by atoms with Crippen molar-refractivity contribution in [3.8, 4) is 0 Å². The van der Waals surface area contributed by atoms with Crippen LogP contribution in [0.15, 0.2) is 15.5 Å². The van der Waals surface area contributed by atoms with E-state index in [9.17, 15) is 4.79 Å². The Morgan fingerprint density at radius 1 is 1.62 bits per heavy atom. The average Bonchev–Trinajstić information content (AvgIpc) is 2.53. The summed E-state index contributed by atoms with van der Waals surface area (Å²) in [5, 5.41) is 9.56. The van der Waals surface area contributed by atoms with Crippen LogP contribution >= 0.6 is 15.9 Å². The van der Waals surface area contributed by atoms with E-state index in [-0.39, 0.29) is 5.56 Å². The van der Waals surface area contributed by atoms with Crippen molar-refractivity contribution in [2.24, 2.45) is 5.41 Å². The molecule has 0 radical (unpaired) electrons. The Labute approximate surface area is 103 Å². The summed E-state index contributed by atoms with van der Waals surface area (Å²) in [6.45, 7) is 4.56. The minimum Gasteiger partial charge on any atom is -0.380 e. The molecule has 0 aliphatic heterocycles. The molecule has 1 fully saturated rings. The van der Waals surface area contributed by atoms with Gasteiger partial charge in [-0.2, -0.15) is 5.10 Å². The van der Waals surface area contributed by atoms with Gasteiger partial charge in [-0.15, -0.1) is 0 Å². The van der Waals surface area contributed by atoms with Crippen molar-refractivity contribution in [2.75, 3.05) is 5.32 Å². The van der Waals surface area contributed by atoms with Crippen molar-refractivity contribution < 1.29 is 0 Å². The van der Waals surface area contributed by atoms with Crippen LogP contribution in [0.3, 0.4) is 0 Å². The molecule has 1 atom stereocenters. The van der Waals surface area contributed by atoms with E-state index in [1.807, 2.05) is 0 Å². The summed E-state index contributed by atoms with van der Waals surface area (Å²) in [5.74, 6) is 0. The Kier molecular flexibility index (Phi) is 3.06. The Morgan fingerprint density at radius 2 is 2.38 bits per heavy atom. The zero-order chi connectivity index (χ0) is 11.8. The first-order valence-corrected chi connectivity index (χ1v) is 6.27. The molecule has 1 aliphatic carbocycles. The Bertz CT molecular complexity index is 441. The Morgan fingerprint density at radius 3 is 3.00 bits per heavy atom. The molecule has 1 aromatic rings. The monoisotopic (exact) mass is 285 g/mol. The quantitative estimate of drug-likeness (QED) is 0.878. The van der Waals surface area contributed by atoms with Crippen LogP contribution in [0, 0.1) is 5.41 Å². The highest BCUT2D eigenvalue weighted by Crippen LogP contribution is 2.38. The summed E-state index contributed by atoms with van der Waals surface area (Å²) in [4.78, 5) is 11.3. The molecule has 0 aromatic carbocycles. The standard InChI is InChI=1S/C11H16BrN3O/c1-11(2)4-3-7(5-11)14-8-6-13-15-10(16)9(8)12/h6-7H,3-5H2,1-2H3,(H2,14,15,16). The van der Waals surface area contributed by atoms with E-state index in [1.165, 1.54) is 6.42 Å². The van der Waals surface area contributed by atoms with Crippen molar-refractivity contribution in [3.05, 3.63) is 21.0 Å². The number of aromatic nitrogens is 2. The molecule has 2 rings (SSSR count). The zero-order valence-corrected chi connectivity index (χ0v) is 11.1. The normalized spacial score (nSPS) is 23.3. The Hall–Kier alpha value is -0.840. The summed E-state index contributed by atoms with van der Waals surface area (Å²) in [6, 6.07) is 0.440. The molecule has 0 spiro atoms. The highest BCUT2D eigenvalue weighted by molar-refractivity contribution is 9.10. The molecule has 88 valence electrons. The summed E-state index contributed by atoms with van der Waals surface area (Å²) in [6.07, 6.45) is 5.15. The van der Waals surface area contributed by atoms with Crippen LogP contribution in [0.1, 0.15) is 33.1 Å². The lowest BCUT2D eigenvalue weighted by molar-refractivity contribution is 0.378. The molecule has 0 bridgehead atoms. The van der Waals surface area contributed by atoms with Crippen molar-refractivity contribution in [1.82, 2.24) is 10.2 Å². The largest absolute Gasteiger partial charge is 0.380 e. The minimum absolute atomic E-state index is 0.192. The SMILES string of the molecule is CC1(C)CCC(Nc2cn[nH]c(=O)c2Br)C1. The third kappa shape index (κ3) is 2.45. The first-order valence-electron chi connectivity index (χ1n) is 5.48. The molecule has 5 heteroatoms. The van der Waals surface area contributed by atoms with Gasteiger partial charge >= 0.3 is 0 Å². The third-order valence-electron chi connectivity index (χ3n) is 3.12.